The second-order valence-electron chi connectivity index (χ2n) is 3.51. The molecule has 0 aliphatic rings. The van der Waals surface area contributed by atoms with Crippen molar-refractivity contribution < 1.29 is 4.52 Å². The lowest BCUT2D eigenvalue weighted by Crippen LogP contribution is -2.17. The number of nitrogens with zero attached hydrogens (tertiary/aromatic N) is 2. The Labute approximate surface area is 112 Å². The molecule has 17 heavy (non-hydrogen) atoms. The Morgan fingerprint density at radius 3 is 3.06 bits per heavy atom. The van der Waals surface area contributed by atoms with Gasteiger partial charge in [-0.2, -0.15) is 4.98 Å². The first-order valence-electron chi connectivity index (χ1n) is 5.15. The predicted molar refractivity (Wildman–Crippen MR) is 68.9 cm³/mol. The maximum absolute atomic E-state index is 5.93. The molecule has 0 aliphatic carbocycles. The van der Waals surface area contributed by atoms with Crippen molar-refractivity contribution in [3.8, 4) is 0 Å². The fourth-order valence-corrected chi connectivity index (χ4v) is 1.99. The summed E-state index contributed by atoms with van der Waals surface area (Å²) in [5.41, 5.74) is 1.13. The van der Waals surface area contributed by atoms with E-state index in [9.17, 15) is 0 Å². The van der Waals surface area contributed by atoms with Crippen LogP contribution < -0.4 is 5.32 Å². The van der Waals surface area contributed by atoms with Crippen LogP contribution in [0.2, 0.25) is 5.02 Å². The van der Waals surface area contributed by atoms with E-state index >= 15 is 0 Å². The second-order valence-corrected chi connectivity index (χ2v) is 4.80. The zero-order valence-electron chi connectivity index (χ0n) is 8.99. The molecule has 1 heterocycles. The van der Waals surface area contributed by atoms with Gasteiger partial charge >= 0.3 is 0 Å². The zero-order chi connectivity index (χ0) is 12.1. The van der Waals surface area contributed by atoms with E-state index < -0.39 is 0 Å². The average Bonchev–Trinajstić information content (AvgIpc) is 2.82. The highest BCUT2D eigenvalue weighted by atomic mass is 79.9. The van der Waals surface area contributed by atoms with E-state index in [1.54, 1.807) is 0 Å². The molecular formula is C11H11BrClN3O. The average molecular weight is 317 g/mol. The number of rotatable bonds is 5. The molecule has 1 aromatic heterocycles. The molecule has 0 aliphatic heterocycles. The summed E-state index contributed by atoms with van der Waals surface area (Å²) in [5, 5.41) is 7.77. The Bertz CT molecular complexity index is 476. The number of benzene rings is 1. The molecule has 0 unspecified atom stereocenters. The van der Waals surface area contributed by atoms with Crippen molar-refractivity contribution in [1.82, 2.24) is 15.5 Å². The second kappa shape index (κ2) is 6.14. The Hall–Kier alpha value is -0.910. The topological polar surface area (TPSA) is 51.0 Å². The van der Waals surface area contributed by atoms with Crippen molar-refractivity contribution in [2.45, 2.75) is 13.0 Å². The minimum absolute atomic E-state index is 0.711. The fraction of sp³-hybridized carbons (Fsp3) is 0.273. The van der Waals surface area contributed by atoms with E-state index in [1.165, 1.54) is 6.39 Å². The summed E-state index contributed by atoms with van der Waals surface area (Å²) in [7, 11) is 0. The van der Waals surface area contributed by atoms with Gasteiger partial charge in [0.15, 0.2) is 5.82 Å². The van der Waals surface area contributed by atoms with Crippen molar-refractivity contribution in [2.24, 2.45) is 0 Å². The highest BCUT2D eigenvalue weighted by Gasteiger charge is 2.01. The van der Waals surface area contributed by atoms with Gasteiger partial charge in [0, 0.05) is 29.0 Å². The summed E-state index contributed by atoms with van der Waals surface area (Å²) < 4.78 is 5.70. The van der Waals surface area contributed by atoms with Gasteiger partial charge in [-0.15, -0.1) is 0 Å². The molecule has 0 radical (unpaired) electrons. The highest BCUT2D eigenvalue weighted by molar-refractivity contribution is 9.10. The van der Waals surface area contributed by atoms with Crippen LogP contribution in [0, 0.1) is 0 Å². The quantitative estimate of drug-likeness (QED) is 0.862. The van der Waals surface area contributed by atoms with Gasteiger partial charge in [0.25, 0.3) is 0 Å². The monoisotopic (exact) mass is 315 g/mol. The molecule has 2 rings (SSSR count). The molecule has 90 valence electrons. The number of nitrogens with one attached hydrogen (secondary N) is 1. The highest BCUT2D eigenvalue weighted by Crippen LogP contribution is 2.20. The molecule has 0 spiro atoms. The van der Waals surface area contributed by atoms with Crippen LogP contribution in [0.4, 0.5) is 0 Å². The van der Waals surface area contributed by atoms with Gasteiger partial charge in [-0.1, -0.05) is 32.7 Å². The molecule has 6 heteroatoms. The number of hydrogen-bond acceptors (Lipinski definition) is 4. The minimum atomic E-state index is 0.711. The van der Waals surface area contributed by atoms with Gasteiger partial charge in [0.2, 0.25) is 6.39 Å². The molecule has 4 nitrogen and oxygen atoms in total. The third-order valence-electron chi connectivity index (χ3n) is 2.26. The summed E-state index contributed by atoms with van der Waals surface area (Å²) in [6, 6.07) is 5.74. The largest absolute Gasteiger partial charge is 0.343 e. The number of hydrogen-bond donors (Lipinski definition) is 1. The van der Waals surface area contributed by atoms with E-state index in [0.29, 0.717) is 5.82 Å². The molecule has 0 amide bonds. The molecule has 1 aromatic carbocycles. The third-order valence-corrected chi connectivity index (χ3v) is 3.26. The van der Waals surface area contributed by atoms with Crippen LogP contribution in [0.3, 0.4) is 0 Å². The summed E-state index contributed by atoms with van der Waals surface area (Å²) in [6.07, 6.45) is 2.08. The van der Waals surface area contributed by atoms with Gasteiger partial charge < -0.3 is 9.84 Å². The summed E-state index contributed by atoms with van der Waals surface area (Å²) >= 11 is 9.41. The van der Waals surface area contributed by atoms with Crippen molar-refractivity contribution in [3.05, 3.63) is 45.5 Å². The van der Waals surface area contributed by atoms with Gasteiger partial charge in [-0.3, -0.25) is 0 Å². The van der Waals surface area contributed by atoms with Crippen LogP contribution in [0.1, 0.15) is 11.4 Å². The first-order chi connectivity index (χ1) is 8.25. The van der Waals surface area contributed by atoms with Crippen LogP contribution in [-0.4, -0.2) is 16.7 Å². The number of halogens is 2. The normalized spacial score (nSPS) is 10.7. The smallest absolute Gasteiger partial charge is 0.213 e. The van der Waals surface area contributed by atoms with Crippen LogP contribution in [0.15, 0.2) is 33.6 Å². The number of aromatic nitrogens is 2. The van der Waals surface area contributed by atoms with E-state index in [1.807, 2.05) is 18.2 Å². The van der Waals surface area contributed by atoms with E-state index in [0.717, 1.165) is 34.6 Å². The van der Waals surface area contributed by atoms with Crippen molar-refractivity contribution in [1.29, 1.82) is 0 Å². The molecule has 0 fully saturated rings. The Balaban J connectivity index is 1.80. The molecule has 0 bridgehead atoms. The maximum atomic E-state index is 5.93. The lowest BCUT2D eigenvalue weighted by molar-refractivity contribution is 0.409. The lowest BCUT2D eigenvalue weighted by Gasteiger charge is -2.06. The lowest BCUT2D eigenvalue weighted by atomic mass is 10.2. The van der Waals surface area contributed by atoms with Crippen LogP contribution >= 0.6 is 27.5 Å². The summed E-state index contributed by atoms with van der Waals surface area (Å²) in [6.45, 7) is 1.54. The molecule has 0 saturated heterocycles. The Morgan fingerprint density at radius 1 is 1.41 bits per heavy atom. The van der Waals surface area contributed by atoms with Gasteiger partial charge in [0.05, 0.1) is 0 Å². The predicted octanol–water partition coefficient (Wildman–Crippen LogP) is 2.82. The van der Waals surface area contributed by atoms with Gasteiger partial charge in [-0.05, 0) is 23.8 Å². The Morgan fingerprint density at radius 2 is 2.29 bits per heavy atom. The first-order valence-corrected chi connectivity index (χ1v) is 6.32. The zero-order valence-corrected chi connectivity index (χ0v) is 11.3. The Kier molecular flexibility index (Phi) is 4.53. The van der Waals surface area contributed by atoms with Gasteiger partial charge in [0.1, 0.15) is 0 Å². The van der Waals surface area contributed by atoms with Gasteiger partial charge in [-0.25, -0.2) is 0 Å². The van der Waals surface area contributed by atoms with Crippen LogP contribution in [-0.2, 0) is 13.0 Å². The fourth-order valence-electron chi connectivity index (χ4n) is 1.40. The van der Waals surface area contributed by atoms with E-state index in [4.69, 9.17) is 11.6 Å². The first kappa shape index (κ1) is 12.5. The molecular weight excluding hydrogens is 305 g/mol. The SMILES string of the molecule is Clc1ccc(Br)c(CNCCc2ncon2)c1. The van der Waals surface area contributed by atoms with Crippen molar-refractivity contribution >= 4 is 27.5 Å². The minimum Gasteiger partial charge on any atom is -0.343 e. The molecule has 0 atom stereocenters. The standard InChI is InChI=1S/C11H11BrClN3O/c12-10-2-1-9(13)5-8(10)6-14-4-3-11-15-7-17-16-11/h1-2,5,7,14H,3-4,6H2. The molecule has 2 aromatic rings. The van der Waals surface area contributed by atoms with E-state index in [-0.39, 0.29) is 0 Å². The third kappa shape index (κ3) is 3.80. The van der Waals surface area contributed by atoms with Crippen molar-refractivity contribution in [3.63, 3.8) is 0 Å². The van der Waals surface area contributed by atoms with Crippen LogP contribution in [0.5, 0.6) is 0 Å². The van der Waals surface area contributed by atoms with Crippen LogP contribution in [0.25, 0.3) is 0 Å². The van der Waals surface area contributed by atoms with E-state index in [2.05, 4.69) is 35.9 Å². The summed E-state index contributed by atoms with van der Waals surface area (Å²) in [4.78, 5) is 3.94. The molecule has 0 saturated carbocycles. The molecule has 1 N–H and O–H groups in total. The van der Waals surface area contributed by atoms with Crippen molar-refractivity contribution in [2.75, 3.05) is 6.54 Å². The summed E-state index contributed by atoms with van der Waals surface area (Å²) in [5.74, 6) is 0.711. The maximum Gasteiger partial charge on any atom is 0.213 e.